The van der Waals surface area contributed by atoms with Gasteiger partial charge in [0.15, 0.2) is 0 Å². The van der Waals surface area contributed by atoms with Crippen LogP contribution in [0.5, 0.6) is 0 Å². The molecule has 0 aliphatic carbocycles. The lowest BCUT2D eigenvalue weighted by Gasteiger charge is -2.00. The van der Waals surface area contributed by atoms with Crippen LogP contribution < -0.4 is 0 Å². The van der Waals surface area contributed by atoms with Gasteiger partial charge in [0.25, 0.3) is 0 Å². The number of esters is 1. The van der Waals surface area contributed by atoms with Crippen LogP contribution >= 0.6 is 11.5 Å². The highest BCUT2D eigenvalue weighted by atomic mass is 32.1. The van der Waals surface area contributed by atoms with Crippen LogP contribution in [-0.4, -0.2) is 22.7 Å². The molecule has 0 spiro atoms. The molecule has 0 unspecified atom stereocenters. The van der Waals surface area contributed by atoms with Crippen LogP contribution in [0.3, 0.4) is 0 Å². The van der Waals surface area contributed by atoms with Gasteiger partial charge in [-0.25, -0.2) is 9.18 Å². The summed E-state index contributed by atoms with van der Waals surface area (Å²) in [6.45, 7) is 0. The van der Waals surface area contributed by atoms with E-state index in [0.717, 1.165) is 11.5 Å². The molecule has 6 heteroatoms. The predicted octanol–water partition coefficient (Wildman–Crippen LogP) is 1.62. The fourth-order valence-corrected chi connectivity index (χ4v) is 1.80. The summed E-state index contributed by atoms with van der Waals surface area (Å²) in [5, 5.41) is 3.73. The van der Waals surface area contributed by atoms with Crippen LogP contribution in [0, 0.1) is 5.82 Å². The second-order valence-corrected chi connectivity index (χ2v) is 3.29. The number of aromatic nitrogens is 2. The van der Waals surface area contributed by atoms with Crippen molar-refractivity contribution in [3.05, 3.63) is 23.5 Å². The molecule has 0 N–H and O–H groups in total. The van der Waals surface area contributed by atoms with Crippen molar-refractivity contribution in [1.29, 1.82) is 0 Å². The third-order valence-corrected chi connectivity index (χ3v) is 2.52. The molecule has 2 aromatic rings. The quantitative estimate of drug-likeness (QED) is 0.674. The van der Waals surface area contributed by atoms with Gasteiger partial charge in [0.1, 0.15) is 16.9 Å². The van der Waals surface area contributed by atoms with Gasteiger partial charge in [0.2, 0.25) is 0 Å². The monoisotopic (exact) mass is 212 g/mol. The maximum Gasteiger partial charge on any atom is 0.342 e. The van der Waals surface area contributed by atoms with Crippen LogP contribution in [0.15, 0.2) is 12.1 Å². The largest absolute Gasteiger partial charge is 0.465 e. The molecule has 0 atom stereocenters. The van der Waals surface area contributed by atoms with Crippen LogP contribution in [0.25, 0.3) is 10.2 Å². The smallest absolute Gasteiger partial charge is 0.342 e. The van der Waals surface area contributed by atoms with Crippen LogP contribution in [0.4, 0.5) is 4.39 Å². The molecule has 0 amide bonds. The first-order valence-electron chi connectivity index (χ1n) is 3.73. The van der Waals surface area contributed by atoms with Gasteiger partial charge in [-0.3, -0.25) is 0 Å². The van der Waals surface area contributed by atoms with Gasteiger partial charge in [-0.2, -0.15) is 0 Å². The highest BCUT2D eigenvalue weighted by Crippen LogP contribution is 2.23. The summed E-state index contributed by atoms with van der Waals surface area (Å²) in [6, 6.07) is 2.65. The summed E-state index contributed by atoms with van der Waals surface area (Å²) in [6.07, 6.45) is 0. The third kappa shape index (κ3) is 1.24. The third-order valence-electron chi connectivity index (χ3n) is 1.76. The van der Waals surface area contributed by atoms with E-state index in [0.29, 0.717) is 10.2 Å². The van der Waals surface area contributed by atoms with E-state index in [9.17, 15) is 9.18 Å². The summed E-state index contributed by atoms with van der Waals surface area (Å²) in [5.74, 6) is -1.32. The SMILES string of the molecule is COC(=O)c1c(F)ccc2nnsc12. The maximum atomic E-state index is 13.3. The van der Waals surface area contributed by atoms with E-state index in [1.165, 1.54) is 19.2 Å². The topological polar surface area (TPSA) is 52.1 Å². The zero-order valence-electron chi connectivity index (χ0n) is 7.15. The minimum Gasteiger partial charge on any atom is -0.465 e. The number of carbonyl (C=O) groups excluding carboxylic acids is 1. The van der Waals surface area contributed by atoms with E-state index in [1.807, 2.05) is 0 Å². The van der Waals surface area contributed by atoms with Crippen LogP contribution in [0.1, 0.15) is 10.4 Å². The molecule has 2 rings (SSSR count). The zero-order valence-corrected chi connectivity index (χ0v) is 7.97. The number of methoxy groups -OCH3 is 1. The van der Waals surface area contributed by atoms with Gasteiger partial charge in [0.05, 0.1) is 11.8 Å². The Balaban J connectivity index is 2.76. The fraction of sp³-hybridized carbons (Fsp3) is 0.125. The number of hydrogen-bond donors (Lipinski definition) is 0. The highest BCUT2D eigenvalue weighted by molar-refractivity contribution is 7.13. The molecule has 0 bridgehead atoms. The average molecular weight is 212 g/mol. The molecule has 72 valence electrons. The first-order chi connectivity index (χ1) is 6.74. The molecule has 0 aliphatic rings. The number of halogens is 1. The lowest BCUT2D eigenvalue weighted by atomic mass is 10.2. The fourth-order valence-electron chi connectivity index (χ4n) is 1.12. The van der Waals surface area contributed by atoms with E-state index >= 15 is 0 Å². The van der Waals surface area contributed by atoms with E-state index in [-0.39, 0.29) is 5.56 Å². The molecule has 14 heavy (non-hydrogen) atoms. The van der Waals surface area contributed by atoms with Crippen LogP contribution in [0.2, 0.25) is 0 Å². The number of hydrogen-bond acceptors (Lipinski definition) is 5. The first kappa shape index (κ1) is 9.01. The summed E-state index contributed by atoms with van der Waals surface area (Å²) in [4.78, 5) is 11.2. The lowest BCUT2D eigenvalue weighted by Crippen LogP contribution is -2.04. The number of ether oxygens (including phenoxy) is 1. The van der Waals surface area contributed by atoms with Crippen molar-refractivity contribution in [1.82, 2.24) is 9.59 Å². The first-order valence-corrected chi connectivity index (χ1v) is 4.50. The van der Waals surface area contributed by atoms with Gasteiger partial charge in [0, 0.05) is 0 Å². The normalized spacial score (nSPS) is 10.4. The maximum absolute atomic E-state index is 13.3. The Kier molecular flexibility index (Phi) is 2.12. The highest BCUT2D eigenvalue weighted by Gasteiger charge is 2.18. The predicted molar refractivity (Wildman–Crippen MR) is 48.7 cm³/mol. The Labute approximate surface area is 82.5 Å². The molecule has 0 aliphatic heterocycles. The Bertz CT molecular complexity index is 497. The molecule has 1 aromatic heterocycles. The van der Waals surface area contributed by atoms with Gasteiger partial charge in [-0.1, -0.05) is 4.49 Å². The average Bonchev–Trinajstić information content (AvgIpc) is 2.64. The summed E-state index contributed by atoms with van der Waals surface area (Å²) >= 11 is 0.970. The number of rotatable bonds is 1. The zero-order chi connectivity index (χ0) is 10.1. The second kappa shape index (κ2) is 3.30. The van der Waals surface area contributed by atoms with E-state index in [4.69, 9.17) is 0 Å². The Morgan fingerprint density at radius 3 is 3.07 bits per heavy atom. The van der Waals surface area contributed by atoms with E-state index < -0.39 is 11.8 Å². The molecule has 0 radical (unpaired) electrons. The molecule has 1 heterocycles. The number of benzene rings is 1. The molecule has 0 saturated carbocycles. The molecule has 4 nitrogen and oxygen atoms in total. The van der Waals surface area contributed by atoms with Crippen molar-refractivity contribution < 1.29 is 13.9 Å². The van der Waals surface area contributed by atoms with Crippen molar-refractivity contribution in [3.8, 4) is 0 Å². The summed E-state index contributed by atoms with van der Waals surface area (Å²) in [5.41, 5.74) is 0.400. The number of fused-ring (bicyclic) bond motifs is 1. The van der Waals surface area contributed by atoms with Crippen LogP contribution in [-0.2, 0) is 4.74 Å². The number of nitrogens with zero attached hydrogens (tertiary/aromatic N) is 2. The van der Waals surface area contributed by atoms with E-state index in [2.05, 4.69) is 14.3 Å². The minimum atomic E-state index is -0.709. The van der Waals surface area contributed by atoms with Gasteiger partial charge >= 0.3 is 5.97 Å². The summed E-state index contributed by atoms with van der Waals surface area (Å²) < 4.78 is 21.8. The second-order valence-electron chi connectivity index (χ2n) is 2.54. The van der Waals surface area contributed by atoms with E-state index in [1.54, 1.807) is 0 Å². The van der Waals surface area contributed by atoms with Crippen molar-refractivity contribution >= 4 is 27.7 Å². The molecule has 1 aromatic carbocycles. The minimum absolute atomic E-state index is 0.0972. The standard InChI is InChI=1S/C8H5FN2O2S/c1-13-8(12)6-4(9)2-3-5-7(6)14-11-10-5/h2-3H,1H3. The van der Waals surface area contributed by atoms with Crippen molar-refractivity contribution in [2.24, 2.45) is 0 Å². The van der Waals surface area contributed by atoms with Crippen molar-refractivity contribution in [2.45, 2.75) is 0 Å². The van der Waals surface area contributed by atoms with Gasteiger partial charge < -0.3 is 4.74 Å². The molecular weight excluding hydrogens is 207 g/mol. The summed E-state index contributed by atoms with van der Waals surface area (Å²) in [7, 11) is 1.20. The molecule has 0 fully saturated rings. The van der Waals surface area contributed by atoms with Crippen molar-refractivity contribution in [2.75, 3.05) is 7.11 Å². The Hall–Kier alpha value is -1.56. The molecule has 0 saturated heterocycles. The van der Waals surface area contributed by atoms with Gasteiger partial charge in [-0.15, -0.1) is 5.10 Å². The van der Waals surface area contributed by atoms with Crippen molar-refractivity contribution in [3.63, 3.8) is 0 Å². The number of carbonyl (C=O) groups is 1. The molecular formula is C8H5FN2O2S. The van der Waals surface area contributed by atoms with Gasteiger partial charge in [-0.05, 0) is 23.7 Å². The lowest BCUT2D eigenvalue weighted by molar-refractivity contribution is 0.0598. The Morgan fingerprint density at radius 2 is 2.36 bits per heavy atom. The Morgan fingerprint density at radius 1 is 1.57 bits per heavy atom.